The number of amides is 1. The minimum absolute atomic E-state index is 0.141. The van der Waals surface area contributed by atoms with E-state index < -0.39 is 0 Å². The molecule has 0 saturated carbocycles. The maximum absolute atomic E-state index is 12.4. The lowest BCUT2D eigenvalue weighted by molar-refractivity contribution is -0.129. The van der Waals surface area contributed by atoms with E-state index in [1.807, 2.05) is 21.9 Å². The smallest absolute Gasteiger partial charge is 0.261 e. The molecule has 1 saturated heterocycles. The largest absolute Gasteiger partial charge is 0.347 e. The van der Waals surface area contributed by atoms with E-state index in [0.29, 0.717) is 18.3 Å². The Hall–Kier alpha value is -2.44. The van der Waals surface area contributed by atoms with Gasteiger partial charge in [-0.2, -0.15) is 4.98 Å². The summed E-state index contributed by atoms with van der Waals surface area (Å²) >= 11 is 0. The second-order valence-electron chi connectivity index (χ2n) is 5.68. The highest BCUT2D eigenvalue weighted by Gasteiger charge is 2.25. The van der Waals surface area contributed by atoms with Gasteiger partial charge in [-0.15, -0.1) is 0 Å². The van der Waals surface area contributed by atoms with E-state index in [2.05, 4.69) is 22.0 Å². The van der Waals surface area contributed by atoms with Crippen molar-refractivity contribution in [2.24, 2.45) is 0 Å². The van der Waals surface area contributed by atoms with Crippen LogP contribution < -0.4 is 4.90 Å². The standard InChI is InChI=1S/C16H21N5O2/c1-3-8-20-9-5-10-21(11-14(20)22)15-13(6-4-7-17-15)16-18-12(2)19-23-16/h4,6-7H,3,5,8-11H2,1-2H3. The lowest BCUT2D eigenvalue weighted by Gasteiger charge is -2.23. The molecule has 7 nitrogen and oxygen atoms in total. The number of aromatic nitrogens is 3. The third kappa shape index (κ3) is 3.33. The molecule has 1 fully saturated rings. The molecule has 7 heteroatoms. The van der Waals surface area contributed by atoms with E-state index in [0.717, 1.165) is 43.9 Å². The Balaban J connectivity index is 1.88. The summed E-state index contributed by atoms with van der Waals surface area (Å²) in [5, 5.41) is 3.84. The van der Waals surface area contributed by atoms with Crippen molar-refractivity contribution < 1.29 is 9.32 Å². The van der Waals surface area contributed by atoms with Gasteiger partial charge in [-0.1, -0.05) is 12.1 Å². The summed E-state index contributed by atoms with van der Waals surface area (Å²) in [5.74, 6) is 1.88. The van der Waals surface area contributed by atoms with Crippen molar-refractivity contribution >= 4 is 11.7 Å². The van der Waals surface area contributed by atoms with E-state index in [9.17, 15) is 4.79 Å². The van der Waals surface area contributed by atoms with Crippen LogP contribution in [0, 0.1) is 6.92 Å². The van der Waals surface area contributed by atoms with E-state index in [1.54, 1.807) is 13.1 Å². The van der Waals surface area contributed by atoms with E-state index in [4.69, 9.17) is 4.52 Å². The Labute approximate surface area is 135 Å². The number of pyridine rings is 1. The Morgan fingerprint density at radius 2 is 2.22 bits per heavy atom. The molecule has 2 aromatic heterocycles. The summed E-state index contributed by atoms with van der Waals surface area (Å²) in [6.07, 6.45) is 3.62. The second-order valence-corrected chi connectivity index (χ2v) is 5.68. The topological polar surface area (TPSA) is 75.4 Å². The summed E-state index contributed by atoms with van der Waals surface area (Å²) in [5.41, 5.74) is 0.768. The predicted molar refractivity (Wildman–Crippen MR) is 86.0 cm³/mol. The molecule has 1 aliphatic rings. The highest BCUT2D eigenvalue weighted by molar-refractivity contribution is 5.83. The first-order chi connectivity index (χ1) is 11.2. The zero-order valence-electron chi connectivity index (χ0n) is 13.5. The van der Waals surface area contributed by atoms with Gasteiger partial charge in [-0.05, 0) is 31.9 Å². The van der Waals surface area contributed by atoms with Crippen LogP contribution in [0.15, 0.2) is 22.9 Å². The third-order valence-electron chi connectivity index (χ3n) is 3.87. The van der Waals surface area contributed by atoms with Gasteiger partial charge in [-0.25, -0.2) is 4.98 Å². The molecule has 1 aliphatic heterocycles. The van der Waals surface area contributed by atoms with Crippen molar-refractivity contribution in [1.29, 1.82) is 0 Å². The predicted octanol–water partition coefficient (Wildman–Crippen LogP) is 1.89. The molecule has 1 amide bonds. The average molecular weight is 315 g/mol. The first-order valence-electron chi connectivity index (χ1n) is 7.97. The minimum atomic E-state index is 0.141. The molecule has 0 aliphatic carbocycles. The average Bonchev–Trinajstić information content (AvgIpc) is 2.90. The zero-order valence-corrected chi connectivity index (χ0v) is 13.5. The molecule has 0 bridgehead atoms. The summed E-state index contributed by atoms with van der Waals surface area (Å²) < 4.78 is 5.28. The molecule has 0 aromatic carbocycles. The van der Waals surface area contributed by atoms with Crippen molar-refractivity contribution in [3.05, 3.63) is 24.2 Å². The number of hydrogen-bond acceptors (Lipinski definition) is 6. The number of hydrogen-bond donors (Lipinski definition) is 0. The molecule has 0 unspecified atom stereocenters. The van der Waals surface area contributed by atoms with Crippen LogP contribution in [0.25, 0.3) is 11.5 Å². The Bertz CT molecular complexity index is 685. The monoisotopic (exact) mass is 315 g/mol. The fourth-order valence-corrected chi connectivity index (χ4v) is 2.83. The third-order valence-corrected chi connectivity index (χ3v) is 3.87. The fraction of sp³-hybridized carbons (Fsp3) is 0.500. The van der Waals surface area contributed by atoms with Crippen LogP contribution >= 0.6 is 0 Å². The van der Waals surface area contributed by atoms with Crippen molar-refractivity contribution in [2.45, 2.75) is 26.7 Å². The van der Waals surface area contributed by atoms with Gasteiger partial charge in [0.25, 0.3) is 5.89 Å². The fourth-order valence-electron chi connectivity index (χ4n) is 2.83. The minimum Gasteiger partial charge on any atom is -0.347 e. The summed E-state index contributed by atoms with van der Waals surface area (Å²) in [6.45, 7) is 6.58. The number of carbonyl (C=O) groups excluding carboxylic acids is 1. The van der Waals surface area contributed by atoms with Gasteiger partial charge in [0.2, 0.25) is 5.91 Å². The molecule has 2 aromatic rings. The molecule has 3 rings (SSSR count). The highest BCUT2D eigenvalue weighted by Crippen LogP contribution is 2.28. The molecule has 23 heavy (non-hydrogen) atoms. The number of aryl methyl sites for hydroxylation is 1. The first-order valence-corrected chi connectivity index (χ1v) is 7.97. The SMILES string of the molecule is CCCN1CCCN(c2ncccc2-c2nc(C)no2)CC1=O. The Kier molecular flexibility index (Phi) is 4.55. The van der Waals surface area contributed by atoms with Crippen LogP contribution in [0.3, 0.4) is 0 Å². The molecule has 0 radical (unpaired) electrons. The van der Waals surface area contributed by atoms with Gasteiger partial charge < -0.3 is 14.3 Å². The Morgan fingerprint density at radius 1 is 1.35 bits per heavy atom. The van der Waals surface area contributed by atoms with Crippen LogP contribution in [0.5, 0.6) is 0 Å². The van der Waals surface area contributed by atoms with Crippen molar-refractivity contribution in [3.8, 4) is 11.5 Å². The lowest BCUT2D eigenvalue weighted by atomic mass is 10.2. The molecule has 0 spiro atoms. The first kappa shape index (κ1) is 15.5. The lowest BCUT2D eigenvalue weighted by Crippen LogP contribution is -2.37. The van der Waals surface area contributed by atoms with E-state index in [1.165, 1.54) is 0 Å². The van der Waals surface area contributed by atoms with Gasteiger partial charge in [0.05, 0.1) is 12.1 Å². The summed E-state index contributed by atoms with van der Waals surface area (Å²) in [7, 11) is 0. The van der Waals surface area contributed by atoms with Crippen molar-refractivity contribution in [3.63, 3.8) is 0 Å². The van der Waals surface area contributed by atoms with Crippen LogP contribution in [0.4, 0.5) is 5.82 Å². The Morgan fingerprint density at radius 3 is 2.96 bits per heavy atom. The number of rotatable bonds is 4. The maximum Gasteiger partial charge on any atom is 0.261 e. The second kappa shape index (κ2) is 6.76. The quantitative estimate of drug-likeness (QED) is 0.857. The van der Waals surface area contributed by atoms with Gasteiger partial charge in [-0.3, -0.25) is 4.79 Å². The molecule has 122 valence electrons. The van der Waals surface area contributed by atoms with Crippen molar-refractivity contribution in [1.82, 2.24) is 20.0 Å². The number of anilines is 1. The van der Waals surface area contributed by atoms with Gasteiger partial charge in [0.15, 0.2) is 5.82 Å². The number of carbonyl (C=O) groups is 1. The molecule has 0 atom stereocenters. The normalized spacial score (nSPS) is 15.8. The van der Waals surface area contributed by atoms with E-state index in [-0.39, 0.29) is 5.91 Å². The van der Waals surface area contributed by atoms with Crippen LogP contribution in [0.1, 0.15) is 25.6 Å². The number of nitrogens with zero attached hydrogens (tertiary/aromatic N) is 5. The van der Waals surface area contributed by atoms with Crippen LogP contribution in [-0.4, -0.2) is 52.1 Å². The molecular weight excluding hydrogens is 294 g/mol. The summed E-state index contributed by atoms with van der Waals surface area (Å²) in [6, 6.07) is 3.73. The maximum atomic E-state index is 12.4. The van der Waals surface area contributed by atoms with Crippen molar-refractivity contribution in [2.75, 3.05) is 31.1 Å². The molecular formula is C16H21N5O2. The zero-order chi connectivity index (χ0) is 16.2. The van der Waals surface area contributed by atoms with Crippen LogP contribution in [-0.2, 0) is 4.79 Å². The van der Waals surface area contributed by atoms with Gasteiger partial charge in [0.1, 0.15) is 5.82 Å². The van der Waals surface area contributed by atoms with E-state index >= 15 is 0 Å². The molecule has 3 heterocycles. The molecule has 0 N–H and O–H groups in total. The van der Waals surface area contributed by atoms with Crippen LogP contribution in [0.2, 0.25) is 0 Å². The van der Waals surface area contributed by atoms with Gasteiger partial charge in [0, 0.05) is 25.8 Å². The summed E-state index contributed by atoms with van der Waals surface area (Å²) in [4.78, 5) is 25.1. The van der Waals surface area contributed by atoms with Gasteiger partial charge >= 0.3 is 0 Å². The highest BCUT2D eigenvalue weighted by atomic mass is 16.5.